The minimum absolute atomic E-state index is 0.146. The molecule has 1 rings (SSSR count). The highest BCUT2D eigenvalue weighted by Gasteiger charge is 2.10. The van der Waals surface area contributed by atoms with Crippen LogP contribution in [0.1, 0.15) is 12.8 Å². The Bertz CT molecular complexity index is 59.5. The van der Waals surface area contributed by atoms with Crippen LogP contribution in [0.15, 0.2) is 0 Å². The number of hydrogen-bond acceptors (Lipinski definition) is 1. The van der Waals surface area contributed by atoms with Crippen LogP contribution in [0.5, 0.6) is 0 Å². The lowest BCUT2D eigenvalue weighted by Crippen LogP contribution is -2.30. The van der Waals surface area contributed by atoms with E-state index in [-0.39, 0.29) is 6.67 Å². The van der Waals surface area contributed by atoms with E-state index in [2.05, 4.69) is 5.32 Å². The normalized spacial score (nSPS) is 30.4. The molecule has 2 heteroatoms. The fraction of sp³-hybridized carbons (Fsp3) is 1.00. The lowest BCUT2D eigenvalue weighted by Gasteiger charge is -2.18. The van der Waals surface area contributed by atoms with Gasteiger partial charge in [0.25, 0.3) is 0 Å². The van der Waals surface area contributed by atoms with Crippen molar-refractivity contribution in [2.45, 2.75) is 12.8 Å². The summed E-state index contributed by atoms with van der Waals surface area (Å²) in [7, 11) is 0. The van der Waals surface area contributed by atoms with Crippen molar-refractivity contribution in [3.63, 3.8) is 0 Å². The molecule has 0 aromatic heterocycles. The van der Waals surface area contributed by atoms with Crippen molar-refractivity contribution >= 4 is 0 Å². The van der Waals surface area contributed by atoms with Gasteiger partial charge in [-0.3, -0.25) is 4.39 Å². The van der Waals surface area contributed by atoms with Crippen LogP contribution in [0, 0.1) is 5.92 Å². The van der Waals surface area contributed by atoms with E-state index in [1.165, 1.54) is 0 Å². The van der Waals surface area contributed by atoms with Crippen LogP contribution >= 0.6 is 0 Å². The standard InChI is InChI=1S/C6H12FN/c7-4-6-2-1-3-8-5-6/h6,8H,1-5H2/t6-/m0/s1. The molecule has 1 atom stereocenters. The van der Waals surface area contributed by atoms with Crippen molar-refractivity contribution in [1.29, 1.82) is 0 Å². The van der Waals surface area contributed by atoms with Crippen molar-refractivity contribution in [2.24, 2.45) is 5.92 Å². The summed E-state index contributed by atoms with van der Waals surface area (Å²) in [6.07, 6.45) is 2.22. The van der Waals surface area contributed by atoms with Gasteiger partial charge in [-0.25, -0.2) is 0 Å². The quantitative estimate of drug-likeness (QED) is 0.539. The van der Waals surface area contributed by atoms with Gasteiger partial charge in [0, 0.05) is 6.54 Å². The highest BCUT2D eigenvalue weighted by molar-refractivity contribution is 4.67. The molecule has 1 saturated heterocycles. The van der Waals surface area contributed by atoms with Crippen molar-refractivity contribution < 1.29 is 4.39 Å². The van der Waals surface area contributed by atoms with E-state index in [0.717, 1.165) is 25.9 Å². The molecule has 0 aromatic carbocycles. The fourth-order valence-electron chi connectivity index (χ4n) is 1.06. The molecular formula is C6H12FN. The van der Waals surface area contributed by atoms with E-state index in [4.69, 9.17) is 0 Å². The van der Waals surface area contributed by atoms with E-state index >= 15 is 0 Å². The first kappa shape index (κ1) is 6.02. The maximum Gasteiger partial charge on any atom is 0.0934 e. The molecule has 0 unspecified atom stereocenters. The summed E-state index contributed by atoms with van der Waals surface area (Å²) in [6, 6.07) is 0. The third-order valence-corrected chi connectivity index (χ3v) is 1.62. The van der Waals surface area contributed by atoms with Gasteiger partial charge < -0.3 is 5.32 Å². The zero-order valence-electron chi connectivity index (χ0n) is 4.99. The summed E-state index contributed by atoms with van der Waals surface area (Å²) < 4.78 is 11.8. The van der Waals surface area contributed by atoms with E-state index in [1.54, 1.807) is 0 Å². The molecule has 0 aromatic rings. The van der Waals surface area contributed by atoms with E-state index in [1.807, 2.05) is 0 Å². The summed E-state index contributed by atoms with van der Waals surface area (Å²) in [5, 5.41) is 3.15. The Morgan fingerprint density at radius 2 is 2.50 bits per heavy atom. The van der Waals surface area contributed by atoms with Crippen LogP contribution in [-0.2, 0) is 0 Å². The van der Waals surface area contributed by atoms with E-state index < -0.39 is 0 Å². The van der Waals surface area contributed by atoms with Crippen molar-refractivity contribution in [1.82, 2.24) is 5.32 Å². The minimum Gasteiger partial charge on any atom is -0.316 e. The van der Waals surface area contributed by atoms with Crippen LogP contribution in [0.4, 0.5) is 4.39 Å². The number of hydrogen-bond donors (Lipinski definition) is 1. The molecule has 0 radical (unpaired) electrons. The maximum atomic E-state index is 11.8. The zero-order valence-corrected chi connectivity index (χ0v) is 4.99. The minimum atomic E-state index is -0.146. The van der Waals surface area contributed by atoms with E-state index in [0.29, 0.717) is 5.92 Å². The molecule has 48 valence electrons. The third-order valence-electron chi connectivity index (χ3n) is 1.62. The van der Waals surface area contributed by atoms with Gasteiger partial charge in [-0.15, -0.1) is 0 Å². The number of halogens is 1. The Balaban J connectivity index is 2.13. The number of rotatable bonds is 1. The topological polar surface area (TPSA) is 12.0 Å². The van der Waals surface area contributed by atoms with Crippen LogP contribution in [0.3, 0.4) is 0 Å². The molecule has 1 N–H and O–H groups in total. The predicted molar refractivity (Wildman–Crippen MR) is 31.6 cm³/mol. The first-order valence-electron chi connectivity index (χ1n) is 3.20. The predicted octanol–water partition coefficient (Wildman–Crippen LogP) is 0.956. The van der Waals surface area contributed by atoms with Crippen LogP contribution < -0.4 is 5.32 Å². The van der Waals surface area contributed by atoms with Gasteiger partial charge in [0.05, 0.1) is 6.67 Å². The third kappa shape index (κ3) is 1.44. The molecule has 0 saturated carbocycles. The van der Waals surface area contributed by atoms with E-state index in [9.17, 15) is 4.39 Å². The van der Waals surface area contributed by atoms with Crippen molar-refractivity contribution in [3.05, 3.63) is 0 Å². The van der Waals surface area contributed by atoms with Crippen molar-refractivity contribution in [3.8, 4) is 0 Å². The summed E-state index contributed by atoms with van der Waals surface area (Å²) in [5.41, 5.74) is 0. The molecule has 1 heterocycles. The summed E-state index contributed by atoms with van der Waals surface area (Å²) >= 11 is 0. The molecule has 1 aliphatic heterocycles. The average Bonchev–Trinajstić information content (AvgIpc) is 1.90. The highest BCUT2D eigenvalue weighted by Crippen LogP contribution is 2.08. The van der Waals surface area contributed by atoms with Crippen LogP contribution in [-0.4, -0.2) is 19.8 Å². The molecule has 8 heavy (non-hydrogen) atoms. The number of alkyl halides is 1. The Morgan fingerprint density at radius 1 is 1.62 bits per heavy atom. The molecule has 0 amide bonds. The highest BCUT2D eigenvalue weighted by atomic mass is 19.1. The summed E-state index contributed by atoms with van der Waals surface area (Å²) in [5.74, 6) is 0.309. The molecule has 0 spiro atoms. The SMILES string of the molecule is FC[C@@H]1CCCNC1. The Kier molecular flexibility index (Phi) is 2.27. The second kappa shape index (κ2) is 3.02. The van der Waals surface area contributed by atoms with Gasteiger partial charge in [0.1, 0.15) is 0 Å². The largest absolute Gasteiger partial charge is 0.316 e. The monoisotopic (exact) mass is 117 g/mol. The molecular weight excluding hydrogens is 105 g/mol. The molecule has 1 aliphatic rings. The van der Waals surface area contributed by atoms with Crippen LogP contribution in [0.2, 0.25) is 0 Å². The Morgan fingerprint density at radius 3 is 2.88 bits per heavy atom. The number of nitrogens with one attached hydrogen (secondary N) is 1. The Labute approximate surface area is 49.3 Å². The smallest absolute Gasteiger partial charge is 0.0934 e. The summed E-state index contributed by atoms with van der Waals surface area (Å²) in [4.78, 5) is 0. The van der Waals surface area contributed by atoms with Gasteiger partial charge >= 0.3 is 0 Å². The lowest BCUT2D eigenvalue weighted by atomic mass is 10.0. The first-order valence-corrected chi connectivity index (χ1v) is 3.20. The van der Waals surface area contributed by atoms with Gasteiger partial charge in [-0.2, -0.15) is 0 Å². The summed E-state index contributed by atoms with van der Waals surface area (Å²) in [6.45, 7) is 1.82. The Hall–Kier alpha value is -0.110. The zero-order chi connectivity index (χ0) is 5.82. The second-order valence-electron chi connectivity index (χ2n) is 2.37. The molecule has 0 bridgehead atoms. The lowest BCUT2D eigenvalue weighted by molar-refractivity contribution is 0.296. The van der Waals surface area contributed by atoms with Crippen LogP contribution in [0.25, 0.3) is 0 Å². The first-order chi connectivity index (χ1) is 3.93. The van der Waals surface area contributed by atoms with Gasteiger partial charge in [-0.05, 0) is 25.3 Å². The maximum absolute atomic E-state index is 11.8. The second-order valence-corrected chi connectivity index (χ2v) is 2.37. The average molecular weight is 117 g/mol. The van der Waals surface area contributed by atoms with Crippen molar-refractivity contribution in [2.75, 3.05) is 19.8 Å². The fourth-order valence-corrected chi connectivity index (χ4v) is 1.06. The molecule has 1 fully saturated rings. The van der Waals surface area contributed by atoms with Gasteiger partial charge in [0.15, 0.2) is 0 Å². The van der Waals surface area contributed by atoms with Gasteiger partial charge in [0.2, 0.25) is 0 Å². The molecule has 0 aliphatic carbocycles. The number of piperidine rings is 1. The molecule has 1 nitrogen and oxygen atoms in total. The van der Waals surface area contributed by atoms with Gasteiger partial charge in [-0.1, -0.05) is 0 Å².